The van der Waals surface area contributed by atoms with Crippen LogP contribution in [0.1, 0.15) is 55.2 Å². The Bertz CT molecular complexity index is 1800. The number of anilines is 2. The smallest absolute Gasteiger partial charge is 0.160 e. The van der Waals surface area contributed by atoms with Gasteiger partial charge in [-0.1, -0.05) is 23.7 Å². The molecule has 0 atom stereocenters. The first-order chi connectivity index (χ1) is 27.9. The number of hydrogen-bond acceptors (Lipinski definition) is 9. The summed E-state index contributed by atoms with van der Waals surface area (Å²) in [7, 11) is 6.71. The van der Waals surface area contributed by atoms with Crippen LogP contribution in [-0.2, 0) is 12.8 Å². The Kier molecular flexibility index (Phi) is 18.0. The van der Waals surface area contributed by atoms with Crippen LogP contribution in [0, 0.1) is 23.2 Å². The molecule has 0 radical (unpaired) electrons. The van der Waals surface area contributed by atoms with E-state index >= 15 is 0 Å². The molecule has 0 amide bonds. The fraction of sp³-hybridized carbons (Fsp3) is 0.468. The standard InChI is InChI=1S/C24H31N3O2.C23H31ClN2O2/c1-28-23-8-5-20(17-24(23)29-2)12-16-27-14-10-19(11-15-27)9-13-26-22-6-3-21(18-25)4-7-22;1-27-22-8-3-19(17-23(22)28-2)12-16-26-14-10-18(11-15-26)9-13-25-21-6-4-20(24)5-7-21/h3-8,17,19,26H,9-16H2,1-2H3;3-8,17-18,25H,9-16H2,1-2H3. The van der Waals surface area contributed by atoms with Crippen LogP contribution in [0.25, 0.3) is 0 Å². The van der Waals surface area contributed by atoms with Crippen LogP contribution in [0.3, 0.4) is 0 Å². The number of ether oxygens (including phenoxy) is 4. The topological polar surface area (TPSA) is 91.2 Å². The van der Waals surface area contributed by atoms with Crippen molar-refractivity contribution < 1.29 is 18.9 Å². The summed E-state index contributed by atoms with van der Waals surface area (Å²) in [4.78, 5) is 5.15. The van der Waals surface area contributed by atoms with E-state index < -0.39 is 0 Å². The third-order valence-electron chi connectivity index (χ3n) is 11.4. The normalized spacial score (nSPS) is 15.2. The van der Waals surface area contributed by atoms with Gasteiger partial charge < -0.3 is 39.4 Å². The fourth-order valence-electron chi connectivity index (χ4n) is 7.72. The van der Waals surface area contributed by atoms with Crippen molar-refractivity contribution in [1.82, 2.24) is 9.80 Å². The van der Waals surface area contributed by atoms with E-state index in [9.17, 15) is 0 Å². The first-order valence-electron chi connectivity index (χ1n) is 20.5. The molecule has 4 aromatic rings. The highest BCUT2D eigenvalue weighted by Gasteiger charge is 2.20. The molecular weight excluding hydrogens is 734 g/mol. The van der Waals surface area contributed by atoms with Crippen LogP contribution in [0.15, 0.2) is 84.9 Å². The molecular formula is C47H62ClN5O4. The molecule has 306 valence electrons. The van der Waals surface area contributed by atoms with Crippen molar-refractivity contribution in [3.8, 4) is 29.1 Å². The second-order valence-corrected chi connectivity index (χ2v) is 15.5. The number of nitrogens with one attached hydrogen (secondary N) is 2. The van der Waals surface area contributed by atoms with Crippen LogP contribution in [0.2, 0.25) is 5.02 Å². The van der Waals surface area contributed by atoms with Gasteiger partial charge in [0, 0.05) is 42.6 Å². The molecule has 6 rings (SSSR count). The average molecular weight is 796 g/mol. The minimum atomic E-state index is 0.705. The van der Waals surface area contributed by atoms with Crippen molar-refractivity contribution >= 4 is 23.0 Å². The highest BCUT2D eigenvalue weighted by atomic mass is 35.5. The SMILES string of the molecule is COc1ccc(CCN2CCC(CCNc3ccc(C#N)cc3)CC2)cc1OC.COc1ccc(CCN2CCC(CCNc3ccc(Cl)cc3)CC2)cc1OC. The zero-order chi connectivity index (χ0) is 40.2. The number of hydrogen-bond donors (Lipinski definition) is 2. The van der Waals surface area contributed by atoms with Gasteiger partial charge in [-0.2, -0.15) is 5.26 Å². The molecule has 0 aliphatic carbocycles. The minimum Gasteiger partial charge on any atom is -0.493 e. The van der Waals surface area contributed by atoms with E-state index in [0.29, 0.717) is 5.56 Å². The Labute approximate surface area is 346 Å². The molecule has 10 heteroatoms. The number of piperidine rings is 2. The Hall–Kier alpha value is -4.62. The quantitative estimate of drug-likeness (QED) is 0.102. The number of nitrogens with zero attached hydrogens (tertiary/aromatic N) is 3. The van der Waals surface area contributed by atoms with Crippen molar-refractivity contribution in [3.05, 3.63) is 107 Å². The van der Waals surface area contributed by atoms with Gasteiger partial charge >= 0.3 is 0 Å². The lowest BCUT2D eigenvalue weighted by molar-refractivity contribution is 0.183. The van der Waals surface area contributed by atoms with E-state index in [4.69, 9.17) is 35.8 Å². The molecule has 2 aliphatic heterocycles. The van der Waals surface area contributed by atoms with E-state index in [-0.39, 0.29) is 0 Å². The molecule has 2 aliphatic rings. The molecule has 2 saturated heterocycles. The summed E-state index contributed by atoms with van der Waals surface area (Å²) in [6.45, 7) is 8.94. The average Bonchev–Trinajstić information content (AvgIpc) is 3.26. The van der Waals surface area contributed by atoms with Gasteiger partial charge in [0.15, 0.2) is 23.0 Å². The Morgan fingerprint density at radius 2 is 0.982 bits per heavy atom. The highest BCUT2D eigenvalue weighted by molar-refractivity contribution is 6.30. The first-order valence-corrected chi connectivity index (χ1v) is 20.9. The Morgan fingerprint density at radius 3 is 1.37 bits per heavy atom. The molecule has 2 heterocycles. The van der Waals surface area contributed by atoms with Gasteiger partial charge in [-0.25, -0.2) is 0 Å². The largest absolute Gasteiger partial charge is 0.493 e. The lowest BCUT2D eigenvalue weighted by atomic mass is 9.93. The molecule has 0 bridgehead atoms. The van der Waals surface area contributed by atoms with E-state index in [1.807, 2.05) is 60.7 Å². The highest BCUT2D eigenvalue weighted by Crippen LogP contribution is 2.30. The van der Waals surface area contributed by atoms with Crippen molar-refractivity contribution in [3.63, 3.8) is 0 Å². The number of methoxy groups -OCH3 is 4. The van der Waals surface area contributed by atoms with E-state index in [1.165, 1.54) is 75.8 Å². The van der Waals surface area contributed by atoms with Crippen LogP contribution in [-0.4, -0.2) is 90.6 Å². The number of halogens is 1. The van der Waals surface area contributed by atoms with Gasteiger partial charge in [-0.3, -0.25) is 0 Å². The number of rotatable bonds is 18. The van der Waals surface area contributed by atoms with Gasteiger partial charge in [-0.05, 0) is 173 Å². The summed E-state index contributed by atoms with van der Waals surface area (Å²) >= 11 is 5.93. The molecule has 4 aromatic carbocycles. The molecule has 0 unspecified atom stereocenters. The maximum Gasteiger partial charge on any atom is 0.160 e. The molecule has 0 aromatic heterocycles. The molecule has 0 saturated carbocycles. The van der Waals surface area contributed by atoms with E-state index in [0.717, 1.165) is 90.3 Å². The number of nitriles is 1. The van der Waals surface area contributed by atoms with Crippen molar-refractivity contribution in [2.24, 2.45) is 11.8 Å². The predicted octanol–water partition coefficient (Wildman–Crippen LogP) is 9.45. The van der Waals surface area contributed by atoms with Crippen LogP contribution < -0.4 is 29.6 Å². The second kappa shape index (κ2) is 23.6. The van der Waals surface area contributed by atoms with Gasteiger partial charge in [0.2, 0.25) is 0 Å². The molecule has 2 fully saturated rings. The van der Waals surface area contributed by atoms with Gasteiger partial charge in [-0.15, -0.1) is 0 Å². The molecule has 9 nitrogen and oxygen atoms in total. The fourth-order valence-corrected chi connectivity index (χ4v) is 7.84. The summed E-state index contributed by atoms with van der Waals surface area (Å²) in [5.74, 6) is 4.80. The lowest BCUT2D eigenvalue weighted by Crippen LogP contribution is -2.35. The van der Waals surface area contributed by atoms with E-state index in [1.54, 1.807) is 28.4 Å². The first kappa shape index (κ1) is 43.5. The molecule has 57 heavy (non-hydrogen) atoms. The third kappa shape index (κ3) is 14.4. The summed E-state index contributed by atoms with van der Waals surface area (Å²) in [6.07, 6.45) is 9.61. The summed E-state index contributed by atoms with van der Waals surface area (Å²) < 4.78 is 21.4. The number of likely N-dealkylation sites (tertiary alicyclic amines) is 2. The monoisotopic (exact) mass is 795 g/mol. The van der Waals surface area contributed by atoms with Crippen molar-refractivity contribution in [1.29, 1.82) is 5.26 Å². The number of benzene rings is 4. The Balaban J connectivity index is 0.000000218. The molecule has 2 N–H and O–H groups in total. The summed E-state index contributed by atoms with van der Waals surface area (Å²) in [5, 5.41) is 16.6. The predicted molar refractivity (Wildman–Crippen MR) is 234 cm³/mol. The van der Waals surface area contributed by atoms with Crippen LogP contribution >= 0.6 is 11.6 Å². The Morgan fingerprint density at radius 1 is 0.579 bits per heavy atom. The third-order valence-corrected chi connectivity index (χ3v) is 11.6. The zero-order valence-electron chi connectivity index (χ0n) is 34.4. The molecule has 0 spiro atoms. The summed E-state index contributed by atoms with van der Waals surface area (Å²) in [6, 6.07) is 30.2. The van der Waals surface area contributed by atoms with Crippen molar-refractivity contribution in [2.45, 2.75) is 51.4 Å². The van der Waals surface area contributed by atoms with Gasteiger partial charge in [0.1, 0.15) is 0 Å². The maximum atomic E-state index is 8.86. The van der Waals surface area contributed by atoms with Gasteiger partial charge in [0.25, 0.3) is 0 Å². The van der Waals surface area contributed by atoms with Gasteiger partial charge in [0.05, 0.1) is 40.1 Å². The van der Waals surface area contributed by atoms with E-state index in [2.05, 4.69) is 50.8 Å². The van der Waals surface area contributed by atoms with Crippen molar-refractivity contribution in [2.75, 3.05) is 91.4 Å². The lowest BCUT2D eigenvalue weighted by Gasteiger charge is -2.32. The van der Waals surface area contributed by atoms with Crippen LogP contribution in [0.5, 0.6) is 23.0 Å². The van der Waals surface area contributed by atoms with Crippen LogP contribution in [0.4, 0.5) is 11.4 Å². The summed E-state index contributed by atoms with van der Waals surface area (Å²) in [5.41, 5.74) is 5.53. The second-order valence-electron chi connectivity index (χ2n) is 15.1. The maximum absolute atomic E-state index is 8.86. The zero-order valence-corrected chi connectivity index (χ0v) is 35.2. The minimum absolute atomic E-state index is 0.705.